The van der Waals surface area contributed by atoms with Crippen LogP contribution in [0.5, 0.6) is 0 Å². The number of hydrogen-bond acceptors (Lipinski definition) is 3. The van der Waals surface area contributed by atoms with E-state index in [2.05, 4.69) is 178 Å². The Morgan fingerprint density at radius 1 is 0.380 bits per heavy atom. The quantitative estimate of drug-likeness (QED) is 0.174. The Hall–Kier alpha value is -6.78. The van der Waals surface area contributed by atoms with Crippen molar-refractivity contribution >= 4 is 38.9 Å². The van der Waals surface area contributed by atoms with E-state index < -0.39 is 0 Å². The van der Waals surface area contributed by atoms with Crippen molar-refractivity contribution in [1.82, 2.24) is 14.5 Å². The van der Waals surface area contributed by atoms with E-state index >= 15 is 0 Å². The Morgan fingerprint density at radius 2 is 0.880 bits per heavy atom. The molecular weight excluding hydrogens is 609 g/mol. The van der Waals surface area contributed by atoms with Crippen molar-refractivity contribution in [3.05, 3.63) is 194 Å². The van der Waals surface area contributed by atoms with Crippen molar-refractivity contribution in [2.24, 2.45) is 0 Å². The number of benzene rings is 7. The first-order valence-corrected chi connectivity index (χ1v) is 16.8. The number of fused-ring (bicyclic) bond motifs is 3. The van der Waals surface area contributed by atoms with Gasteiger partial charge in [-0.2, -0.15) is 0 Å². The molecule has 0 aliphatic carbocycles. The standard InChI is InChI=1S/C46H32N4/c1-4-12-35(13-5-1)43-31-47-32-44(48-43)36-22-20-33(21-23-36)34-24-26-39(27-25-34)50-45-19-11-10-18-41(45)42-30-40(28-29-46(42)50)49(37-14-6-2-7-15-37)38-16-8-3-9-17-38/h1-32H. The van der Waals surface area contributed by atoms with Gasteiger partial charge in [0.2, 0.25) is 0 Å². The molecule has 0 amide bonds. The van der Waals surface area contributed by atoms with E-state index in [1.165, 1.54) is 21.8 Å². The highest BCUT2D eigenvalue weighted by Crippen LogP contribution is 2.39. The summed E-state index contributed by atoms with van der Waals surface area (Å²) in [5.74, 6) is 0. The molecular formula is C46H32N4. The minimum absolute atomic E-state index is 0.860. The first-order chi connectivity index (χ1) is 24.8. The van der Waals surface area contributed by atoms with Crippen LogP contribution in [0.15, 0.2) is 194 Å². The highest BCUT2D eigenvalue weighted by molar-refractivity contribution is 6.10. The minimum Gasteiger partial charge on any atom is -0.310 e. The second-order valence-electron chi connectivity index (χ2n) is 12.3. The molecule has 0 saturated carbocycles. The predicted octanol–water partition coefficient (Wildman–Crippen LogP) is 12.0. The van der Waals surface area contributed by atoms with E-state index in [9.17, 15) is 0 Å². The molecule has 7 aromatic carbocycles. The Kier molecular flexibility index (Phi) is 7.45. The lowest BCUT2D eigenvalue weighted by atomic mass is 10.0. The molecule has 0 bridgehead atoms. The second-order valence-corrected chi connectivity index (χ2v) is 12.3. The molecule has 0 unspecified atom stereocenters. The van der Waals surface area contributed by atoms with Crippen LogP contribution < -0.4 is 4.90 Å². The van der Waals surface area contributed by atoms with Gasteiger partial charge in [0.1, 0.15) is 0 Å². The summed E-state index contributed by atoms with van der Waals surface area (Å²) < 4.78 is 2.37. The molecule has 0 radical (unpaired) electrons. The van der Waals surface area contributed by atoms with Crippen LogP contribution in [0.3, 0.4) is 0 Å². The van der Waals surface area contributed by atoms with Crippen molar-refractivity contribution in [3.8, 4) is 39.3 Å². The molecule has 0 atom stereocenters. The van der Waals surface area contributed by atoms with E-state index in [1.807, 2.05) is 30.6 Å². The molecule has 50 heavy (non-hydrogen) atoms. The van der Waals surface area contributed by atoms with E-state index in [-0.39, 0.29) is 0 Å². The Bertz CT molecular complexity index is 2520. The molecule has 2 heterocycles. The van der Waals surface area contributed by atoms with Gasteiger partial charge in [0.25, 0.3) is 0 Å². The number of nitrogens with zero attached hydrogens (tertiary/aromatic N) is 4. The third kappa shape index (κ3) is 5.39. The predicted molar refractivity (Wildman–Crippen MR) is 207 cm³/mol. The van der Waals surface area contributed by atoms with Crippen molar-refractivity contribution in [2.75, 3.05) is 4.90 Å². The topological polar surface area (TPSA) is 34.0 Å². The first kappa shape index (κ1) is 29.4. The summed E-state index contributed by atoms with van der Waals surface area (Å²) in [5.41, 5.74) is 13.0. The van der Waals surface area contributed by atoms with Gasteiger partial charge in [-0.05, 0) is 71.8 Å². The van der Waals surface area contributed by atoms with Crippen LogP contribution in [0.4, 0.5) is 17.1 Å². The monoisotopic (exact) mass is 640 g/mol. The van der Waals surface area contributed by atoms with Gasteiger partial charge in [0, 0.05) is 44.6 Å². The SMILES string of the molecule is c1ccc(-c2cncc(-c3ccc(-c4ccc(-n5c6ccccc6c6cc(N(c7ccccc7)c7ccccc7)ccc65)cc4)cc3)n2)cc1. The van der Waals surface area contributed by atoms with Gasteiger partial charge in [0.15, 0.2) is 0 Å². The zero-order valence-corrected chi connectivity index (χ0v) is 27.3. The minimum atomic E-state index is 0.860. The van der Waals surface area contributed by atoms with Gasteiger partial charge in [-0.3, -0.25) is 4.98 Å². The van der Waals surface area contributed by atoms with Gasteiger partial charge in [-0.1, -0.05) is 121 Å². The molecule has 0 spiro atoms. The average molecular weight is 641 g/mol. The smallest absolute Gasteiger partial charge is 0.0892 e. The maximum Gasteiger partial charge on any atom is 0.0892 e. The molecule has 0 saturated heterocycles. The number of rotatable bonds is 7. The summed E-state index contributed by atoms with van der Waals surface area (Å²) in [4.78, 5) is 11.7. The van der Waals surface area contributed by atoms with Gasteiger partial charge >= 0.3 is 0 Å². The largest absolute Gasteiger partial charge is 0.310 e. The first-order valence-electron chi connectivity index (χ1n) is 16.8. The van der Waals surface area contributed by atoms with E-state index in [0.29, 0.717) is 0 Å². The maximum atomic E-state index is 4.88. The van der Waals surface area contributed by atoms with E-state index in [1.54, 1.807) is 0 Å². The lowest BCUT2D eigenvalue weighted by molar-refractivity contribution is 1.18. The van der Waals surface area contributed by atoms with Gasteiger partial charge < -0.3 is 9.47 Å². The Morgan fingerprint density at radius 3 is 1.52 bits per heavy atom. The van der Waals surface area contributed by atoms with Crippen LogP contribution in [0.25, 0.3) is 61.1 Å². The molecule has 0 aliphatic rings. The van der Waals surface area contributed by atoms with Crippen LogP contribution in [0.1, 0.15) is 0 Å². The molecule has 4 nitrogen and oxygen atoms in total. The summed E-state index contributed by atoms with van der Waals surface area (Å²) in [6.45, 7) is 0. The Labute approximate surface area is 291 Å². The van der Waals surface area contributed by atoms with E-state index in [0.717, 1.165) is 56.4 Å². The third-order valence-electron chi connectivity index (χ3n) is 9.29. The van der Waals surface area contributed by atoms with Crippen molar-refractivity contribution in [2.45, 2.75) is 0 Å². The third-order valence-corrected chi connectivity index (χ3v) is 9.29. The van der Waals surface area contributed by atoms with Crippen molar-refractivity contribution < 1.29 is 0 Å². The van der Waals surface area contributed by atoms with E-state index in [4.69, 9.17) is 4.98 Å². The highest BCUT2D eigenvalue weighted by Gasteiger charge is 2.17. The number of para-hydroxylation sites is 3. The number of aromatic nitrogens is 3. The highest BCUT2D eigenvalue weighted by atomic mass is 15.1. The fourth-order valence-electron chi connectivity index (χ4n) is 6.87. The van der Waals surface area contributed by atoms with Gasteiger partial charge in [-0.25, -0.2) is 4.98 Å². The van der Waals surface area contributed by atoms with Crippen LogP contribution in [-0.2, 0) is 0 Å². The summed E-state index contributed by atoms with van der Waals surface area (Å²) in [5, 5.41) is 2.44. The summed E-state index contributed by atoms with van der Waals surface area (Å²) in [7, 11) is 0. The fourth-order valence-corrected chi connectivity index (χ4v) is 6.87. The number of anilines is 3. The summed E-state index contributed by atoms with van der Waals surface area (Å²) in [6, 6.07) is 64.2. The normalized spacial score (nSPS) is 11.2. The molecule has 236 valence electrons. The maximum absolute atomic E-state index is 4.88. The molecule has 4 heteroatoms. The van der Waals surface area contributed by atoms with Crippen molar-refractivity contribution in [1.29, 1.82) is 0 Å². The fraction of sp³-hybridized carbons (Fsp3) is 0. The second kappa shape index (κ2) is 12.7. The average Bonchev–Trinajstić information content (AvgIpc) is 3.53. The lowest BCUT2D eigenvalue weighted by Gasteiger charge is -2.25. The Balaban J connectivity index is 1.06. The molecule has 2 aromatic heterocycles. The van der Waals surface area contributed by atoms with Crippen molar-refractivity contribution in [3.63, 3.8) is 0 Å². The van der Waals surface area contributed by atoms with Gasteiger partial charge in [0.05, 0.1) is 34.8 Å². The number of hydrogen-bond donors (Lipinski definition) is 0. The summed E-state index contributed by atoms with van der Waals surface area (Å²) >= 11 is 0. The van der Waals surface area contributed by atoms with Crippen LogP contribution in [-0.4, -0.2) is 14.5 Å². The van der Waals surface area contributed by atoms with Crippen LogP contribution in [0, 0.1) is 0 Å². The molecule has 0 aliphatic heterocycles. The van der Waals surface area contributed by atoms with Crippen LogP contribution >= 0.6 is 0 Å². The zero-order chi connectivity index (χ0) is 33.3. The zero-order valence-electron chi connectivity index (χ0n) is 27.3. The molecule has 9 aromatic rings. The summed E-state index contributed by atoms with van der Waals surface area (Å²) in [6.07, 6.45) is 3.64. The molecule has 0 N–H and O–H groups in total. The van der Waals surface area contributed by atoms with Gasteiger partial charge in [-0.15, -0.1) is 0 Å². The molecule has 9 rings (SSSR count). The van der Waals surface area contributed by atoms with Crippen LogP contribution in [0.2, 0.25) is 0 Å². The lowest BCUT2D eigenvalue weighted by Crippen LogP contribution is -2.09. The molecule has 0 fully saturated rings.